The topological polar surface area (TPSA) is 0 Å². The van der Waals surface area contributed by atoms with E-state index in [4.69, 9.17) is 0 Å². The summed E-state index contributed by atoms with van der Waals surface area (Å²) in [7, 11) is 0. The molecule has 1 rings (SSSR count). The first-order chi connectivity index (χ1) is 5.33. The van der Waals surface area contributed by atoms with Crippen LogP contribution in [0.5, 0.6) is 0 Å². The normalized spacial score (nSPS) is 36.5. The van der Waals surface area contributed by atoms with Crippen LogP contribution in [0.2, 0.25) is 0 Å². The van der Waals surface area contributed by atoms with Gasteiger partial charge in [0.1, 0.15) is 0 Å². The van der Waals surface area contributed by atoms with Gasteiger partial charge < -0.3 is 0 Å². The van der Waals surface area contributed by atoms with Crippen LogP contribution < -0.4 is 0 Å². The van der Waals surface area contributed by atoms with Crippen LogP contribution in [0.15, 0.2) is 12.2 Å². The molecule has 0 spiro atoms. The molecule has 0 saturated heterocycles. The van der Waals surface area contributed by atoms with Gasteiger partial charge in [0.15, 0.2) is 0 Å². The zero-order valence-electron chi connectivity index (χ0n) is 8.01. The van der Waals surface area contributed by atoms with Crippen LogP contribution in [-0.2, 0) is 0 Å². The Morgan fingerprint density at radius 3 is 1.55 bits per heavy atom. The number of rotatable bonds is 3. The van der Waals surface area contributed by atoms with Crippen molar-refractivity contribution >= 4 is 0 Å². The van der Waals surface area contributed by atoms with E-state index >= 15 is 0 Å². The van der Waals surface area contributed by atoms with Gasteiger partial charge in [-0.2, -0.15) is 0 Å². The highest BCUT2D eigenvalue weighted by atomic mass is 14.3. The SMILES string of the molecule is CCC1C=CC(CC)C1CC. The van der Waals surface area contributed by atoms with Crippen LogP contribution in [-0.4, -0.2) is 0 Å². The molecule has 0 fully saturated rings. The van der Waals surface area contributed by atoms with E-state index in [-0.39, 0.29) is 0 Å². The van der Waals surface area contributed by atoms with E-state index in [0.717, 1.165) is 17.8 Å². The second-order valence-corrected chi connectivity index (χ2v) is 3.60. The van der Waals surface area contributed by atoms with Crippen molar-refractivity contribution in [3.63, 3.8) is 0 Å². The lowest BCUT2D eigenvalue weighted by molar-refractivity contribution is 0.311. The largest absolute Gasteiger partial charge is 0.0848 e. The van der Waals surface area contributed by atoms with Crippen molar-refractivity contribution < 1.29 is 0 Å². The first kappa shape index (κ1) is 8.83. The minimum absolute atomic E-state index is 0.880. The molecular weight excluding hydrogens is 132 g/mol. The average Bonchev–Trinajstić information content (AvgIpc) is 2.45. The van der Waals surface area contributed by atoms with Gasteiger partial charge in [0.25, 0.3) is 0 Å². The molecule has 0 N–H and O–H groups in total. The summed E-state index contributed by atoms with van der Waals surface area (Å²) in [6, 6.07) is 0. The predicted molar refractivity (Wildman–Crippen MR) is 50.5 cm³/mol. The van der Waals surface area contributed by atoms with Gasteiger partial charge in [0.05, 0.1) is 0 Å². The van der Waals surface area contributed by atoms with Gasteiger partial charge in [0.2, 0.25) is 0 Å². The van der Waals surface area contributed by atoms with Gasteiger partial charge in [-0.15, -0.1) is 0 Å². The van der Waals surface area contributed by atoms with Crippen LogP contribution in [0, 0.1) is 17.8 Å². The highest BCUT2D eigenvalue weighted by Crippen LogP contribution is 2.36. The third-order valence-corrected chi connectivity index (χ3v) is 3.12. The summed E-state index contributed by atoms with van der Waals surface area (Å²) >= 11 is 0. The van der Waals surface area contributed by atoms with Crippen molar-refractivity contribution in [2.75, 3.05) is 0 Å². The van der Waals surface area contributed by atoms with Crippen molar-refractivity contribution in [3.05, 3.63) is 12.2 Å². The molecule has 0 aromatic heterocycles. The highest BCUT2D eigenvalue weighted by Gasteiger charge is 2.27. The lowest BCUT2D eigenvalue weighted by Crippen LogP contribution is -2.13. The highest BCUT2D eigenvalue weighted by molar-refractivity contribution is 5.05. The maximum Gasteiger partial charge on any atom is -0.0202 e. The van der Waals surface area contributed by atoms with E-state index < -0.39 is 0 Å². The molecule has 0 aliphatic heterocycles. The molecule has 0 heteroatoms. The Hall–Kier alpha value is -0.260. The average molecular weight is 152 g/mol. The third-order valence-electron chi connectivity index (χ3n) is 3.12. The van der Waals surface area contributed by atoms with Crippen molar-refractivity contribution in [2.24, 2.45) is 17.8 Å². The zero-order valence-corrected chi connectivity index (χ0v) is 8.01. The number of allylic oxidation sites excluding steroid dienone is 2. The fourth-order valence-electron chi connectivity index (χ4n) is 2.37. The van der Waals surface area contributed by atoms with E-state index in [1.54, 1.807) is 0 Å². The Kier molecular flexibility index (Phi) is 3.16. The zero-order chi connectivity index (χ0) is 8.27. The van der Waals surface area contributed by atoms with Crippen LogP contribution >= 0.6 is 0 Å². The molecule has 1 aliphatic carbocycles. The molecule has 0 amide bonds. The lowest BCUT2D eigenvalue weighted by Gasteiger charge is -2.21. The smallest absolute Gasteiger partial charge is 0.0202 e. The first-order valence-electron chi connectivity index (χ1n) is 5.01. The molecule has 2 atom stereocenters. The van der Waals surface area contributed by atoms with E-state index in [9.17, 15) is 0 Å². The predicted octanol–water partition coefficient (Wildman–Crippen LogP) is 3.63. The maximum atomic E-state index is 2.43. The first-order valence-corrected chi connectivity index (χ1v) is 5.01. The van der Waals surface area contributed by atoms with Crippen molar-refractivity contribution in [1.82, 2.24) is 0 Å². The van der Waals surface area contributed by atoms with Crippen LogP contribution in [0.3, 0.4) is 0 Å². The van der Waals surface area contributed by atoms with Crippen LogP contribution in [0.4, 0.5) is 0 Å². The van der Waals surface area contributed by atoms with Gasteiger partial charge in [0, 0.05) is 0 Å². The Labute approximate surface area is 70.7 Å². The summed E-state index contributed by atoms with van der Waals surface area (Å²) < 4.78 is 0. The van der Waals surface area contributed by atoms with E-state index in [1.165, 1.54) is 19.3 Å². The van der Waals surface area contributed by atoms with Crippen LogP contribution in [0.25, 0.3) is 0 Å². The second kappa shape index (κ2) is 3.94. The molecule has 64 valence electrons. The molecule has 2 unspecified atom stereocenters. The summed E-state index contributed by atoms with van der Waals surface area (Å²) in [4.78, 5) is 0. The fraction of sp³-hybridized carbons (Fsp3) is 0.818. The second-order valence-electron chi connectivity index (χ2n) is 3.60. The van der Waals surface area contributed by atoms with Gasteiger partial charge in [-0.1, -0.05) is 39.3 Å². The van der Waals surface area contributed by atoms with Gasteiger partial charge in [-0.25, -0.2) is 0 Å². The molecule has 0 heterocycles. The van der Waals surface area contributed by atoms with Crippen molar-refractivity contribution in [3.8, 4) is 0 Å². The van der Waals surface area contributed by atoms with Gasteiger partial charge in [-0.3, -0.25) is 0 Å². The van der Waals surface area contributed by atoms with E-state index in [2.05, 4.69) is 32.9 Å². The quantitative estimate of drug-likeness (QED) is 0.542. The summed E-state index contributed by atoms with van der Waals surface area (Å²) in [5.74, 6) is 2.71. The van der Waals surface area contributed by atoms with E-state index in [1.807, 2.05) is 0 Å². The fourth-order valence-corrected chi connectivity index (χ4v) is 2.37. The monoisotopic (exact) mass is 152 g/mol. The lowest BCUT2D eigenvalue weighted by atomic mass is 9.83. The van der Waals surface area contributed by atoms with Crippen molar-refractivity contribution in [1.29, 1.82) is 0 Å². The van der Waals surface area contributed by atoms with E-state index in [0.29, 0.717) is 0 Å². The Bertz CT molecular complexity index is 121. The Balaban J connectivity index is 2.54. The summed E-state index contributed by atoms with van der Waals surface area (Å²) in [5, 5.41) is 0. The summed E-state index contributed by atoms with van der Waals surface area (Å²) in [6.07, 6.45) is 8.87. The molecular formula is C11H20. The minimum Gasteiger partial charge on any atom is -0.0848 e. The minimum atomic E-state index is 0.880. The molecule has 0 saturated carbocycles. The summed E-state index contributed by atoms with van der Waals surface area (Å²) in [5.41, 5.74) is 0. The van der Waals surface area contributed by atoms with Gasteiger partial charge in [-0.05, 0) is 30.6 Å². The molecule has 0 nitrogen and oxygen atoms in total. The number of hydrogen-bond acceptors (Lipinski definition) is 0. The standard InChI is InChI=1S/C11H20/c1-4-9-7-8-10(5-2)11(9)6-3/h7-11H,4-6H2,1-3H3. The summed E-state index contributed by atoms with van der Waals surface area (Å²) in [6.45, 7) is 6.92. The Morgan fingerprint density at radius 1 is 0.818 bits per heavy atom. The molecule has 0 aromatic rings. The van der Waals surface area contributed by atoms with Crippen LogP contribution in [0.1, 0.15) is 40.0 Å². The molecule has 0 bridgehead atoms. The molecule has 0 aromatic carbocycles. The van der Waals surface area contributed by atoms with Gasteiger partial charge >= 0.3 is 0 Å². The maximum absolute atomic E-state index is 2.43. The number of hydrogen-bond donors (Lipinski definition) is 0. The Morgan fingerprint density at radius 2 is 1.27 bits per heavy atom. The van der Waals surface area contributed by atoms with Crippen molar-refractivity contribution in [2.45, 2.75) is 40.0 Å². The third kappa shape index (κ3) is 1.66. The molecule has 0 radical (unpaired) electrons. The molecule has 11 heavy (non-hydrogen) atoms. The molecule has 1 aliphatic rings.